The normalized spacial score (nSPS) is 21.6. The average Bonchev–Trinajstić information content (AvgIpc) is 2.67. The van der Waals surface area contributed by atoms with Gasteiger partial charge in [0.1, 0.15) is 5.02 Å². The van der Waals surface area contributed by atoms with Crippen molar-refractivity contribution < 1.29 is 14.5 Å². The lowest BCUT2D eigenvalue weighted by molar-refractivity contribution is -0.384. The van der Waals surface area contributed by atoms with Gasteiger partial charge in [0.25, 0.3) is 5.69 Å². The summed E-state index contributed by atoms with van der Waals surface area (Å²) in [5.74, 6) is -0.972. The molecule has 1 N–H and O–H groups in total. The van der Waals surface area contributed by atoms with Gasteiger partial charge in [0.2, 0.25) is 5.91 Å². The van der Waals surface area contributed by atoms with E-state index in [4.69, 9.17) is 23.2 Å². The number of hydrogen-bond acceptors (Lipinski definition) is 4. The molecule has 0 unspecified atom stereocenters. The number of benzene rings is 2. The van der Waals surface area contributed by atoms with Crippen LogP contribution in [0.5, 0.6) is 0 Å². The van der Waals surface area contributed by atoms with E-state index in [1.165, 1.54) is 12.1 Å². The molecule has 6 nitrogen and oxygen atoms in total. The fourth-order valence-electron chi connectivity index (χ4n) is 4.16. The van der Waals surface area contributed by atoms with Gasteiger partial charge in [-0.25, -0.2) is 0 Å². The standard InChI is InChI=1S/C21H16Cl2N2O4/c22-15-4-2-1-3-13(15)12-7-17-21(19(26)9-12)14(10-20(27)24-17)11-5-6-16(23)18(8-11)25(28)29/h1-6,8,12,14H,7,9-10H2,(H,24,27)/t12-,14+/m1/s1. The summed E-state index contributed by atoms with van der Waals surface area (Å²) in [4.78, 5) is 36.1. The first kappa shape index (κ1) is 19.6. The zero-order valence-corrected chi connectivity index (χ0v) is 16.7. The molecule has 0 aromatic heterocycles. The van der Waals surface area contributed by atoms with E-state index in [-0.39, 0.29) is 41.2 Å². The Morgan fingerprint density at radius 2 is 1.76 bits per heavy atom. The number of nitro benzene ring substituents is 1. The fraction of sp³-hybridized carbons (Fsp3) is 0.238. The molecule has 2 aromatic rings. The largest absolute Gasteiger partial charge is 0.329 e. The number of amides is 1. The van der Waals surface area contributed by atoms with Crippen LogP contribution in [-0.4, -0.2) is 16.6 Å². The average molecular weight is 431 g/mol. The van der Waals surface area contributed by atoms with Gasteiger partial charge in [-0.3, -0.25) is 19.7 Å². The van der Waals surface area contributed by atoms with E-state index in [2.05, 4.69) is 5.32 Å². The molecular formula is C21H16Cl2N2O4. The third kappa shape index (κ3) is 3.66. The monoisotopic (exact) mass is 430 g/mol. The molecule has 0 fully saturated rings. The molecule has 0 radical (unpaired) electrons. The maximum Gasteiger partial charge on any atom is 0.288 e. The van der Waals surface area contributed by atoms with Crippen molar-refractivity contribution >= 4 is 40.6 Å². The van der Waals surface area contributed by atoms with E-state index < -0.39 is 10.8 Å². The predicted molar refractivity (Wildman–Crippen MR) is 109 cm³/mol. The molecule has 0 saturated carbocycles. The predicted octanol–water partition coefficient (Wildman–Crippen LogP) is 4.91. The Morgan fingerprint density at radius 3 is 2.48 bits per heavy atom. The third-order valence-corrected chi connectivity index (χ3v) is 6.11. The van der Waals surface area contributed by atoms with E-state index >= 15 is 0 Å². The Kier molecular flexibility index (Phi) is 5.15. The Bertz CT molecular complexity index is 1080. The molecule has 2 aliphatic rings. The zero-order valence-electron chi connectivity index (χ0n) is 15.2. The van der Waals surface area contributed by atoms with Crippen LogP contribution in [0.25, 0.3) is 0 Å². The van der Waals surface area contributed by atoms with Gasteiger partial charge in [0, 0.05) is 41.1 Å². The number of nitrogens with zero attached hydrogens (tertiary/aromatic N) is 1. The number of nitro groups is 1. The highest BCUT2D eigenvalue weighted by Gasteiger charge is 2.39. The quantitative estimate of drug-likeness (QED) is 0.553. The summed E-state index contributed by atoms with van der Waals surface area (Å²) in [6, 6.07) is 11.8. The molecular weight excluding hydrogens is 415 g/mol. The van der Waals surface area contributed by atoms with Crippen LogP contribution in [0.2, 0.25) is 10.0 Å². The Balaban J connectivity index is 1.75. The van der Waals surface area contributed by atoms with Crippen LogP contribution in [0.1, 0.15) is 42.2 Å². The molecule has 0 bridgehead atoms. The number of carbonyl (C=O) groups is 2. The first-order valence-electron chi connectivity index (χ1n) is 9.09. The maximum absolute atomic E-state index is 13.1. The van der Waals surface area contributed by atoms with Crippen LogP contribution < -0.4 is 5.32 Å². The number of hydrogen-bond donors (Lipinski definition) is 1. The summed E-state index contributed by atoms with van der Waals surface area (Å²) >= 11 is 12.2. The van der Waals surface area contributed by atoms with E-state index in [1.807, 2.05) is 18.2 Å². The highest BCUT2D eigenvalue weighted by atomic mass is 35.5. The minimum atomic E-state index is -0.569. The van der Waals surface area contributed by atoms with Crippen molar-refractivity contribution in [1.29, 1.82) is 0 Å². The first-order valence-corrected chi connectivity index (χ1v) is 9.85. The number of nitrogens with one attached hydrogen (secondary N) is 1. The molecule has 2 atom stereocenters. The SMILES string of the molecule is O=C1C[C@@H](c2ccc(Cl)c([N+](=O)[O-])c2)C2=C(C[C@@H](c3ccccc3Cl)CC2=O)N1. The second-order valence-electron chi connectivity index (χ2n) is 7.21. The van der Waals surface area contributed by atoms with Gasteiger partial charge in [0.05, 0.1) is 4.92 Å². The summed E-state index contributed by atoms with van der Waals surface area (Å²) in [7, 11) is 0. The van der Waals surface area contributed by atoms with E-state index in [0.717, 1.165) is 5.56 Å². The lowest BCUT2D eigenvalue weighted by atomic mass is 9.73. The number of Topliss-reactive ketones (excluding diaryl/α,β-unsaturated/α-hetero) is 1. The molecule has 1 aliphatic heterocycles. The lowest BCUT2D eigenvalue weighted by Gasteiger charge is -2.34. The summed E-state index contributed by atoms with van der Waals surface area (Å²) in [6.45, 7) is 0. The Morgan fingerprint density at radius 1 is 1.00 bits per heavy atom. The van der Waals surface area contributed by atoms with Gasteiger partial charge < -0.3 is 5.32 Å². The van der Waals surface area contributed by atoms with Crippen LogP contribution in [0.3, 0.4) is 0 Å². The van der Waals surface area contributed by atoms with Crippen molar-refractivity contribution in [2.75, 3.05) is 0 Å². The van der Waals surface area contributed by atoms with Crippen molar-refractivity contribution in [1.82, 2.24) is 5.32 Å². The van der Waals surface area contributed by atoms with Crippen LogP contribution in [0.4, 0.5) is 5.69 Å². The molecule has 148 valence electrons. The van der Waals surface area contributed by atoms with Crippen molar-refractivity contribution in [3.8, 4) is 0 Å². The number of rotatable bonds is 3. The lowest BCUT2D eigenvalue weighted by Crippen LogP contribution is -2.38. The van der Waals surface area contributed by atoms with Crippen LogP contribution in [0, 0.1) is 10.1 Å². The summed E-state index contributed by atoms with van der Waals surface area (Å²) in [5.41, 5.74) is 2.25. The fourth-order valence-corrected chi connectivity index (χ4v) is 4.63. The highest BCUT2D eigenvalue weighted by molar-refractivity contribution is 6.32. The van der Waals surface area contributed by atoms with Crippen LogP contribution >= 0.6 is 23.2 Å². The molecule has 29 heavy (non-hydrogen) atoms. The highest BCUT2D eigenvalue weighted by Crippen LogP contribution is 2.44. The second kappa shape index (κ2) is 7.61. The molecule has 0 spiro atoms. The van der Waals surface area contributed by atoms with E-state index in [1.54, 1.807) is 12.1 Å². The van der Waals surface area contributed by atoms with Crippen molar-refractivity contribution in [3.05, 3.63) is 85.0 Å². The topological polar surface area (TPSA) is 89.3 Å². The summed E-state index contributed by atoms with van der Waals surface area (Å²) in [6.07, 6.45) is 0.799. The molecule has 1 aliphatic carbocycles. The number of carbonyl (C=O) groups excluding carboxylic acids is 2. The zero-order chi connectivity index (χ0) is 20.7. The molecule has 1 heterocycles. The molecule has 8 heteroatoms. The Labute approximate surface area is 176 Å². The smallest absolute Gasteiger partial charge is 0.288 e. The molecule has 4 rings (SSSR count). The third-order valence-electron chi connectivity index (χ3n) is 5.45. The maximum atomic E-state index is 13.1. The van der Waals surface area contributed by atoms with Gasteiger partial charge >= 0.3 is 0 Å². The minimum Gasteiger partial charge on any atom is -0.329 e. The summed E-state index contributed by atoms with van der Waals surface area (Å²) in [5, 5.41) is 14.7. The first-order chi connectivity index (χ1) is 13.8. The van der Waals surface area contributed by atoms with Crippen LogP contribution in [0.15, 0.2) is 53.7 Å². The minimum absolute atomic E-state index is 0.0157. The van der Waals surface area contributed by atoms with Gasteiger partial charge in [-0.15, -0.1) is 0 Å². The van der Waals surface area contributed by atoms with Crippen molar-refractivity contribution in [3.63, 3.8) is 0 Å². The molecule has 0 saturated heterocycles. The number of ketones is 1. The summed E-state index contributed by atoms with van der Waals surface area (Å²) < 4.78 is 0. The van der Waals surface area contributed by atoms with E-state index in [9.17, 15) is 19.7 Å². The van der Waals surface area contributed by atoms with Gasteiger partial charge in [-0.05, 0) is 35.6 Å². The number of halogens is 2. The van der Waals surface area contributed by atoms with Gasteiger partial charge in [0.15, 0.2) is 5.78 Å². The molecule has 2 aromatic carbocycles. The molecule has 1 amide bonds. The van der Waals surface area contributed by atoms with Gasteiger partial charge in [-0.1, -0.05) is 47.5 Å². The van der Waals surface area contributed by atoms with Crippen LogP contribution in [-0.2, 0) is 9.59 Å². The van der Waals surface area contributed by atoms with Crippen molar-refractivity contribution in [2.24, 2.45) is 0 Å². The van der Waals surface area contributed by atoms with E-state index in [0.29, 0.717) is 28.3 Å². The number of allylic oxidation sites excluding steroid dienone is 2. The second-order valence-corrected chi connectivity index (χ2v) is 8.03. The van der Waals surface area contributed by atoms with Gasteiger partial charge in [-0.2, -0.15) is 0 Å². The van der Waals surface area contributed by atoms with Crippen molar-refractivity contribution in [2.45, 2.75) is 31.1 Å². The Hall–Kier alpha value is -2.70.